The molecule has 4 nitrogen and oxygen atoms in total. The van der Waals surface area contributed by atoms with Crippen LogP contribution in [-0.2, 0) is 4.74 Å². The molecular weight excluding hydrogens is 244 g/mol. The number of nitrogen functional groups attached to an aromatic ring is 1. The molecule has 0 radical (unpaired) electrons. The predicted molar refractivity (Wildman–Crippen MR) is 59.8 cm³/mol. The number of carbonyl (C=O) groups excluding carboxylic acids is 1. The third kappa shape index (κ3) is 2.04. The minimum atomic E-state index is -0.782. The van der Waals surface area contributed by atoms with Crippen LogP contribution in [0.25, 0.3) is 11.3 Å². The van der Waals surface area contributed by atoms with Gasteiger partial charge in [0.05, 0.1) is 18.4 Å². The Hall–Kier alpha value is -2.37. The fraction of sp³-hybridized carbons (Fsp3) is 0.0833. The van der Waals surface area contributed by atoms with Crippen molar-refractivity contribution >= 4 is 11.7 Å². The SMILES string of the molecule is COC(=O)c1oc(-c2cc(F)ccc2F)cc1N. The smallest absolute Gasteiger partial charge is 0.376 e. The number of methoxy groups -OCH3 is 1. The Kier molecular flexibility index (Phi) is 3.01. The van der Waals surface area contributed by atoms with Crippen molar-refractivity contribution in [3.05, 3.63) is 41.7 Å². The summed E-state index contributed by atoms with van der Waals surface area (Å²) < 4.78 is 36.1. The van der Waals surface area contributed by atoms with Gasteiger partial charge in [0, 0.05) is 6.07 Å². The van der Waals surface area contributed by atoms with Crippen LogP contribution in [0.15, 0.2) is 28.7 Å². The van der Waals surface area contributed by atoms with E-state index in [0.717, 1.165) is 25.3 Å². The molecule has 0 fully saturated rings. The summed E-state index contributed by atoms with van der Waals surface area (Å²) in [6.07, 6.45) is 0. The van der Waals surface area contributed by atoms with Gasteiger partial charge in [-0.2, -0.15) is 0 Å². The zero-order valence-electron chi connectivity index (χ0n) is 9.37. The van der Waals surface area contributed by atoms with Crippen LogP contribution >= 0.6 is 0 Å². The number of carbonyl (C=O) groups is 1. The van der Waals surface area contributed by atoms with Gasteiger partial charge >= 0.3 is 5.97 Å². The largest absolute Gasteiger partial charge is 0.463 e. The summed E-state index contributed by atoms with van der Waals surface area (Å²) in [7, 11) is 1.16. The summed E-state index contributed by atoms with van der Waals surface area (Å²) in [5, 5.41) is 0. The lowest BCUT2D eigenvalue weighted by Crippen LogP contribution is -2.02. The van der Waals surface area contributed by atoms with E-state index in [1.165, 1.54) is 6.07 Å². The molecule has 2 aromatic rings. The van der Waals surface area contributed by atoms with Crippen molar-refractivity contribution in [1.29, 1.82) is 0 Å². The number of anilines is 1. The highest BCUT2D eigenvalue weighted by Gasteiger charge is 2.19. The minimum absolute atomic E-state index is 0.000473. The van der Waals surface area contributed by atoms with E-state index >= 15 is 0 Å². The average Bonchev–Trinajstić information content (AvgIpc) is 2.73. The maximum atomic E-state index is 13.5. The van der Waals surface area contributed by atoms with Gasteiger partial charge in [0.25, 0.3) is 0 Å². The number of halogens is 2. The summed E-state index contributed by atoms with van der Waals surface area (Å²) in [6.45, 7) is 0. The normalized spacial score (nSPS) is 10.4. The first-order valence-electron chi connectivity index (χ1n) is 4.96. The Balaban J connectivity index is 2.52. The van der Waals surface area contributed by atoms with E-state index in [0.29, 0.717) is 0 Å². The maximum absolute atomic E-state index is 13.5. The van der Waals surface area contributed by atoms with Crippen LogP contribution in [0.2, 0.25) is 0 Å². The molecule has 18 heavy (non-hydrogen) atoms. The monoisotopic (exact) mass is 253 g/mol. The van der Waals surface area contributed by atoms with Gasteiger partial charge in [0.15, 0.2) is 0 Å². The Morgan fingerprint density at radius 1 is 1.33 bits per heavy atom. The molecule has 2 rings (SSSR count). The lowest BCUT2D eigenvalue weighted by molar-refractivity contribution is 0.0567. The highest BCUT2D eigenvalue weighted by Crippen LogP contribution is 2.30. The summed E-state index contributed by atoms with van der Waals surface area (Å²) in [4.78, 5) is 11.3. The van der Waals surface area contributed by atoms with E-state index in [1.807, 2.05) is 0 Å². The third-order valence-corrected chi connectivity index (χ3v) is 2.33. The maximum Gasteiger partial charge on any atom is 0.376 e. The van der Waals surface area contributed by atoms with Gasteiger partial charge in [-0.1, -0.05) is 0 Å². The Bertz CT molecular complexity index is 607. The summed E-state index contributed by atoms with van der Waals surface area (Å²) in [6, 6.07) is 4.13. The molecule has 0 aliphatic rings. The minimum Gasteiger partial charge on any atom is -0.463 e. The van der Waals surface area contributed by atoms with Crippen molar-refractivity contribution in [1.82, 2.24) is 0 Å². The van der Waals surface area contributed by atoms with Crippen molar-refractivity contribution < 1.29 is 22.7 Å². The second kappa shape index (κ2) is 4.48. The van der Waals surface area contributed by atoms with Gasteiger partial charge in [-0.3, -0.25) is 0 Å². The topological polar surface area (TPSA) is 65.5 Å². The molecule has 0 saturated carbocycles. The molecule has 1 heterocycles. The summed E-state index contributed by atoms with van der Waals surface area (Å²) in [5.41, 5.74) is 5.42. The van der Waals surface area contributed by atoms with Crippen molar-refractivity contribution in [2.45, 2.75) is 0 Å². The van der Waals surface area contributed by atoms with E-state index in [9.17, 15) is 13.6 Å². The molecule has 0 aliphatic heterocycles. The van der Waals surface area contributed by atoms with E-state index in [4.69, 9.17) is 10.2 Å². The number of rotatable bonds is 2. The Morgan fingerprint density at radius 3 is 2.72 bits per heavy atom. The molecule has 0 saturated heterocycles. The van der Waals surface area contributed by atoms with Gasteiger partial charge in [-0.25, -0.2) is 13.6 Å². The fourth-order valence-corrected chi connectivity index (χ4v) is 1.48. The fourth-order valence-electron chi connectivity index (χ4n) is 1.48. The molecule has 1 aromatic heterocycles. The second-order valence-corrected chi connectivity index (χ2v) is 3.51. The van der Waals surface area contributed by atoms with Gasteiger partial charge in [0.1, 0.15) is 17.4 Å². The van der Waals surface area contributed by atoms with Gasteiger partial charge in [-0.05, 0) is 18.2 Å². The predicted octanol–water partition coefficient (Wildman–Crippen LogP) is 2.59. The van der Waals surface area contributed by atoms with Crippen LogP contribution in [0.3, 0.4) is 0 Å². The van der Waals surface area contributed by atoms with Crippen LogP contribution in [0, 0.1) is 11.6 Å². The van der Waals surface area contributed by atoms with Gasteiger partial charge < -0.3 is 14.9 Å². The van der Waals surface area contributed by atoms with Crippen LogP contribution in [0.4, 0.5) is 14.5 Å². The molecule has 0 bridgehead atoms. The standard InChI is InChI=1S/C12H9F2NO3/c1-17-12(16)11-9(15)5-10(18-11)7-4-6(13)2-3-8(7)14/h2-5H,15H2,1H3. The van der Waals surface area contributed by atoms with Crippen molar-refractivity contribution in [2.24, 2.45) is 0 Å². The van der Waals surface area contributed by atoms with Gasteiger partial charge in [0.2, 0.25) is 5.76 Å². The first-order valence-corrected chi connectivity index (χ1v) is 4.96. The first kappa shape index (κ1) is 12.1. The van der Waals surface area contributed by atoms with Crippen LogP contribution < -0.4 is 5.73 Å². The molecule has 2 N–H and O–H groups in total. The highest BCUT2D eigenvalue weighted by molar-refractivity contribution is 5.93. The van der Waals surface area contributed by atoms with Crippen LogP contribution in [-0.4, -0.2) is 13.1 Å². The molecule has 0 unspecified atom stereocenters. The van der Waals surface area contributed by atoms with Crippen LogP contribution in [0.1, 0.15) is 10.6 Å². The summed E-state index contributed by atoms with van der Waals surface area (Å²) in [5.74, 6) is -2.36. The number of nitrogens with two attached hydrogens (primary N) is 1. The first-order chi connectivity index (χ1) is 8.52. The van der Waals surface area contributed by atoms with Crippen molar-refractivity contribution in [3.8, 4) is 11.3 Å². The highest BCUT2D eigenvalue weighted by atomic mass is 19.1. The number of benzene rings is 1. The molecule has 0 atom stereocenters. The number of furan rings is 1. The molecule has 0 amide bonds. The van der Waals surface area contributed by atoms with E-state index < -0.39 is 17.6 Å². The average molecular weight is 253 g/mol. The van der Waals surface area contributed by atoms with E-state index in [-0.39, 0.29) is 22.8 Å². The number of hydrogen-bond donors (Lipinski definition) is 1. The van der Waals surface area contributed by atoms with Gasteiger partial charge in [-0.15, -0.1) is 0 Å². The Labute approximate surface area is 101 Å². The lowest BCUT2D eigenvalue weighted by atomic mass is 10.1. The summed E-state index contributed by atoms with van der Waals surface area (Å²) >= 11 is 0. The van der Waals surface area contributed by atoms with Crippen LogP contribution in [0.5, 0.6) is 0 Å². The zero-order valence-corrected chi connectivity index (χ0v) is 9.37. The number of hydrogen-bond acceptors (Lipinski definition) is 4. The number of esters is 1. The second-order valence-electron chi connectivity index (χ2n) is 3.51. The zero-order chi connectivity index (χ0) is 13.3. The quantitative estimate of drug-likeness (QED) is 0.835. The molecule has 94 valence electrons. The third-order valence-electron chi connectivity index (χ3n) is 2.33. The molecule has 0 spiro atoms. The Morgan fingerprint density at radius 2 is 2.06 bits per heavy atom. The van der Waals surface area contributed by atoms with Crippen molar-refractivity contribution in [3.63, 3.8) is 0 Å². The lowest BCUT2D eigenvalue weighted by Gasteiger charge is -1.99. The number of ether oxygens (including phenoxy) is 1. The molecule has 6 heteroatoms. The van der Waals surface area contributed by atoms with E-state index in [1.54, 1.807) is 0 Å². The van der Waals surface area contributed by atoms with Crippen molar-refractivity contribution in [2.75, 3.05) is 12.8 Å². The molecule has 1 aromatic carbocycles. The van der Waals surface area contributed by atoms with E-state index in [2.05, 4.69) is 4.74 Å². The molecule has 0 aliphatic carbocycles. The molecular formula is C12H9F2NO3.